The van der Waals surface area contributed by atoms with Crippen molar-refractivity contribution in [1.82, 2.24) is 24.8 Å². The van der Waals surface area contributed by atoms with Crippen LogP contribution in [0.15, 0.2) is 49.1 Å². The van der Waals surface area contributed by atoms with Crippen LogP contribution in [0.3, 0.4) is 0 Å². The molecular weight excluding hydrogens is 364 g/mol. The number of nitrogens with zero attached hydrogens (tertiary/aromatic N) is 4. The van der Waals surface area contributed by atoms with E-state index in [1.165, 1.54) is 6.20 Å². The molecule has 0 radical (unpaired) electrons. The van der Waals surface area contributed by atoms with E-state index in [-0.39, 0.29) is 5.91 Å². The second-order valence-corrected chi connectivity index (χ2v) is 6.64. The maximum atomic E-state index is 12.8. The summed E-state index contributed by atoms with van der Waals surface area (Å²) >= 11 is 0. The second kappa shape index (κ2) is 7.98. The maximum absolute atomic E-state index is 12.8. The van der Waals surface area contributed by atoms with Crippen LogP contribution in [0.2, 0.25) is 0 Å². The van der Waals surface area contributed by atoms with Crippen molar-refractivity contribution in [1.29, 1.82) is 0 Å². The second-order valence-electron chi connectivity index (χ2n) is 6.64. The van der Waals surface area contributed by atoms with E-state index in [2.05, 4.69) is 44.4 Å². The quantitative estimate of drug-likeness (QED) is 0.524. The van der Waals surface area contributed by atoms with Gasteiger partial charge in [0.2, 0.25) is 0 Å². The Bertz CT molecular complexity index is 1240. The van der Waals surface area contributed by atoms with Crippen molar-refractivity contribution in [2.45, 2.75) is 26.7 Å². The van der Waals surface area contributed by atoms with Gasteiger partial charge in [0.1, 0.15) is 5.56 Å². The minimum Gasteiger partial charge on any atom is -0.319 e. The van der Waals surface area contributed by atoms with Crippen LogP contribution < -0.4 is 5.32 Å². The number of aromatic nitrogens is 5. The van der Waals surface area contributed by atoms with Crippen LogP contribution in [0, 0.1) is 18.8 Å². The molecule has 144 valence electrons. The molecule has 0 bridgehead atoms. The highest BCUT2D eigenvalue weighted by Gasteiger charge is 2.17. The van der Waals surface area contributed by atoms with Gasteiger partial charge in [0.05, 0.1) is 23.8 Å². The summed E-state index contributed by atoms with van der Waals surface area (Å²) < 4.78 is 1.56. The van der Waals surface area contributed by atoms with Gasteiger partial charge in [-0.05, 0) is 37.1 Å². The number of aryl methyl sites for hydroxylation is 1. The summed E-state index contributed by atoms with van der Waals surface area (Å²) in [6, 6.07) is 7.79. The molecule has 7 nitrogen and oxygen atoms in total. The average Bonchev–Trinajstić information content (AvgIpc) is 3.36. The summed E-state index contributed by atoms with van der Waals surface area (Å²) in [6.45, 7) is 4.12. The van der Waals surface area contributed by atoms with Crippen molar-refractivity contribution in [2.24, 2.45) is 0 Å². The number of nitrogens with one attached hydrogen (secondary N) is 2. The summed E-state index contributed by atoms with van der Waals surface area (Å²) in [4.78, 5) is 17.1. The molecule has 0 saturated heterocycles. The topological polar surface area (TPSA) is 88.0 Å². The fourth-order valence-electron chi connectivity index (χ4n) is 3.02. The molecule has 3 heterocycles. The third-order valence-electron chi connectivity index (χ3n) is 4.53. The third-order valence-corrected chi connectivity index (χ3v) is 4.53. The van der Waals surface area contributed by atoms with E-state index in [0.29, 0.717) is 16.9 Å². The largest absolute Gasteiger partial charge is 0.319 e. The monoisotopic (exact) mass is 384 g/mol. The van der Waals surface area contributed by atoms with Crippen LogP contribution in [-0.2, 0) is 0 Å². The molecule has 3 aromatic heterocycles. The molecule has 4 rings (SSSR count). The van der Waals surface area contributed by atoms with Crippen molar-refractivity contribution in [3.05, 3.63) is 65.7 Å². The standard InChI is InChI=1S/C22H20N6O/c1-3-4-5-7-16-9-8-15(2)17(12-16)20-19(14-24-27-20)26-22(29)18-13-25-28-11-6-10-23-21(18)28/h6,8-14H,3-4H2,1-2H3,(H,24,27)(H,26,29). The van der Waals surface area contributed by atoms with Gasteiger partial charge in [0.25, 0.3) is 5.91 Å². The van der Waals surface area contributed by atoms with Crippen LogP contribution in [0.4, 0.5) is 5.69 Å². The molecule has 4 aromatic rings. The summed E-state index contributed by atoms with van der Waals surface area (Å²) in [5.41, 5.74) is 5.15. The van der Waals surface area contributed by atoms with Gasteiger partial charge < -0.3 is 5.32 Å². The smallest absolute Gasteiger partial charge is 0.261 e. The zero-order valence-corrected chi connectivity index (χ0v) is 16.2. The fourth-order valence-corrected chi connectivity index (χ4v) is 3.02. The third kappa shape index (κ3) is 3.73. The number of aromatic amines is 1. The fraction of sp³-hybridized carbons (Fsp3) is 0.182. The van der Waals surface area contributed by atoms with Crippen LogP contribution in [-0.4, -0.2) is 30.7 Å². The molecule has 1 aromatic carbocycles. The van der Waals surface area contributed by atoms with Gasteiger partial charge in [0.15, 0.2) is 5.65 Å². The van der Waals surface area contributed by atoms with Crippen molar-refractivity contribution >= 4 is 17.2 Å². The van der Waals surface area contributed by atoms with E-state index in [1.807, 2.05) is 25.1 Å². The molecule has 0 fully saturated rings. The Kier molecular flexibility index (Phi) is 5.08. The van der Waals surface area contributed by atoms with Crippen molar-refractivity contribution in [3.8, 4) is 23.1 Å². The summed E-state index contributed by atoms with van der Waals surface area (Å²) in [7, 11) is 0. The van der Waals surface area contributed by atoms with E-state index in [9.17, 15) is 4.79 Å². The SMILES string of the molecule is CCCC#Cc1ccc(C)c(-c2[nH]ncc2NC(=O)c2cnn3cccnc23)c1. The molecule has 0 unspecified atom stereocenters. The first kappa shape index (κ1) is 18.4. The van der Waals surface area contributed by atoms with Gasteiger partial charge in [-0.25, -0.2) is 9.50 Å². The maximum Gasteiger partial charge on any atom is 0.261 e. The lowest BCUT2D eigenvalue weighted by Gasteiger charge is -2.08. The van der Waals surface area contributed by atoms with Crippen LogP contribution in [0.25, 0.3) is 16.9 Å². The van der Waals surface area contributed by atoms with Crippen molar-refractivity contribution < 1.29 is 4.79 Å². The van der Waals surface area contributed by atoms with Gasteiger partial charge in [0, 0.05) is 29.9 Å². The van der Waals surface area contributed by atoms with E-state index >= 15 is 0 Å². The van der Waals surface area contributed by atoms with Gasteiger partial charge in [-0.15, -0.1) is 0 Å². The zero-order chi connectivity index (χ0) is 20.2. The van der Waals surface area contributed by atoms with Crippen LogP contribution >= 0.6 is 0 Å². The van der Waals surface area contributed by atoms with Crippen molar-refractivity contribution in [3.63, 3.8) is 0 Å². The Morgan fingerprint density at radius 2 is 2.21 bits per heavy atom. The normalized spacial score (nSPS) is 10.6. The highest BCUT2D eigenvalue weighted by molar-refractivity contribution is 6.09. The molecule has 0 spiro atoms. The number of carbonyl (C=O) groups is 1. The molecule has 2 N–H and O–H groups in total. The highest BCUT2D eigenvalue weighted by atomic mass is 16.1. The number of benzene rings is 1. The van der Waals surface area contributed by atoms with E-state index in [1.54, 1.807) is 29.2 Å². The molecule has 0 aliphatic heterocycles. The first-order valence-electron chi connectivity index (χ1n) is 9.40. The molecule has 1 amide bonds. The number of H-pyrrole nitrogens is 1. The Hall–Kier alpha value is -3.92. The predicted molar refractivity (Wildman–Crippen MR) is 111 cm³/mol. The molecular formula is C22H20N6O. The van der Waals surface area contributed by atoms with E-state index < -0.39 is 0 Å². The number of anilines is 1. The molecule has 7 heteroatoms. The first-order chi connectivity index (χ1) is 14.2. The Balaban J connectivity index is 1.65. The average molecular weight is 384 g/mol. The molecule has 29 heavy (non-hydrogen) atoms. The Morgan fingerprint density at radius 3 is 3.07 bits per heavy atom. The lowest BCUT2D eigenvalue weighted by Crippen LogP contribution is -2.12. The van der Waals surface area contributed by atoms with E-state index in [0.717, 1.165) is 35.2 Å². The minimum atomic E-state index is -0.294. The van der Waals surface area contributed by atoms with Crippen molar-refractivity contribution in [2.75, 3.05) is 5.32 Å². The number of unbranched alkanes of at least 4 members (excludes halogenated alkanes) is 1. The Labute approximate surface area is 168 Å². The summed E-state index contributed by atoms with van der Waals surface area (Å²) in [5, 5.41) is 14.2. The van der Waals surface area contributed by atoms with Gasteiger partial charge >= 0.3 is 0 Å². The number of amides is 1. The van der Waals surface area contributed by atoms with Crippen LogP contribution in [0.5, 0.6) is 0 Å². The number of carbonyl (C=O) groups excluding carboxylic acids is 1. The van der Waals surface area contributed by atoms with E-state index in [4.69, 9.17) is 0 Å². The minimum absolute atomic E-state index is 0.294. The highest BCUT2D eigenvalue weighted by Crippen LogP contribution is 2.29. The summed E-state index contributed by atoms with van der Waals surface area (Å²) in [6.07, 6.45) is 8.37. The molecule has 0 atom stereocenters. The number of rotatable bonds is 4. The lowest BCUT2D eigenvalue weighted by molar-refractivity contribution is 0.102. The lowest BCUT2D eigenvalue weighted by atomic mass is 10.0. The first-order valence-corrected chi connectivity index (χ1v) is 9.40. The predicted octanol–water partition coefficient (Wildman–Crippen LogP) is 3.83. The van der Waals surface area contributed by atoms with Gasteiger partial charge in [-0.3, -0.25) is 9.89 Å². The Morgan fingerprint density at radius 1 is 1.31 bits per heavy atom. The zero-order valence-electron chi connectivity index (χ0n) is 16.2. The molecule has 0 aliphatic rings. The molecule has 0 aliphatic carbocycles. The number of hydrogen-bond acceptors (Lipinski definition) is 4. The summed E-state index contributed by atoms with van der Waals surface area (Å²) in [5.74, 6) is 6.06. The number of fused-ring (bicyclic) bond motifs is 1. The molecule has 0 saturated carbocycles. The van der Waals surface area contributed by atoms with Gasteiger partial charge in [-0.1, -0.05) is 24.8 Å². The van der Waals surface area contributed by atoms with Gasteiger partial charge in [-0.2, -0.15) is 10.2 Å². The van der Waals surface area contributed by atoms with Crippen LogP contribution in [0.1, 0.15) is 41.3 Å². The number of hydrogen-bond donors (Lipinski definition) is 2.